The van der Waals surface area contributed by atoms with Gasteiger partial charge in [-0.05, 0) is 0 Å². The van der Waals surface area contributed by atoms with Crippen LogP contribution in [0.1, 0.15) is 32.1 Å². The fourth-order valence-corrected chi connectivity index (χ4v) is 3.53. The fourth-order valence-electron chi connectivity index (χ4n) is 3.53. The zero-order chi connectivity index (χ0) is 5.84. The Morgan fingerprint density at radius 1 is 0.889 bits per heavy atom. The van der Waals surface area contributed by atoms with E-state index in [9.17, 15) is 0 Å². The first-order chi connectivity index (χ1) is 4.45. The molecule has 3 fully saturated rings. The molecular formula is C8H13B. The molecule has 3 heterocycles. The van der Waals surface area contributed by atoms with Crippen LogP contribution in [0.2, 0.25) is 17.5 Å². The van der Waals surface area contributed by atoms with E-state index in [1.54, 1.807) is 32.1 Å². The van der Waals surface area contributed by atoms with Crippen molar-refractivity contribution in [3.05, 3.63) is 0 Å². The molecule has 3 aliphatic heterocycles. The lowest BCUT2D eigenvalue weighted by Gasteiger charge is -2.59. The Morgan fingerprint density at radius 3 is 2.00 bits per heavy atom. The molecule has 3 rings (SSSR count). The molecule has 0 aromatic carbocycles. The van der Waals surface area contributed by atoms with Gasteiger partial charge in [0.05, 0.1) is 0 Å². The van der Waals surface area contributed by atoms with Gasteiger partial charge in [-0.15, -0.1) is 0 Å². The van der Waals surface area contributed by atoms with E-state index in [0.717, 1.165) is 0 Å². The molecule has 0 bridgehead atoms. The van der Waals surface area contributed by atoms with Crippen LogP contribution in [-0.4, -0.2) is 6.71 Å². The molecule has 0 spiro atoms. The summed E-state index contributed by atoms with van der Waals surface area (Å²) in [7, 11) is 0. The third-order valence-electron chi connectivity index (χ3n) is 3.99. The van der Waals surface area contributed by atoms with Crippen LogP contribution in [0.15, 0.2) is 0 Å². The second-order valence-corrected chi connectivity index (χ2v) is 4.26. The predicted octanol–water partition coefficient (Wildman–Crippen LogP) is 2.58. The van der Waals surface area contributed by atoms with Gasteiger partial charge in [-0.2, -0.15) is 0 Å². The molecule has 0 aromatic rings. The van der Waals surface area contributed by atoms with Crippen molar-refractivity contribution >= 4 is 6.71 Å². The standard InChI is InChI=1S/C8H13B/c1-2-6-4-8-5-7(3-1)9(6)8/h6-8H,1-5H2. The maximum Gasteiger partial charge on any atom is 0.149 e. The minimum atomic E-state index is 1.21. The van der Waals surface area contributed by atoms with Crippen molar-refractivity contribution < 1.29 is 0 Å². The van der Waals surface area contributed by atoms with Crippen LogP contribution in [0.5, 0.6) is 0 Å². The monoisotopic (exact) mass is 120 g/mol. The van der Waals surface area contributed by atoms with E-state index in [2.05, 4.69) is 0 Å². The number of rotatable bonds is 0. The average Bonchev–Trinajstić information content (AvgIpc) is 1.73. The molecule has 0 amide bonds. The second-order valence-electron chi connectivity index (χ2n) is 4.26. The van der Waals surface area contributed by atoms with E-state index in [4.69, 9.17) is 0 Å². The van der Waals surface area contributed by atoms with Gasteiger partial charge in [0, 0.05) is 0 Å². The first-order valence-corrected chi connectivity index (χ1v) is 4.45. The molecule has 3 saturated heterocycles. The van der Waals surface area contributed by atoms with Gasteiger partial charge in [0.2, 0.25) is 0 Å². The van der Waals surface area contributed by atoms with Crippen molar-refractivity contribution in [2.45, 2.75) is 49.6 Å². The molecule has 0 radical (unpaired) electrons. The first kappa shape index (κ1) is 4.82. The summed E-state index contributed by atoms with van der Waals surface area (Å²) in [6, 6.07) is 0. The largest absolute Gasteiger partial charge is 0.149 e. The van der Waals surface area contributed by atoms with Gasteiger partial charge in [-0.3, -0.25) is 0 Å². The normalized spacial score (nSPS) is 53.3. The molecule has 0 aromatic heterocycles. The molecule has 2 atom stereocenters. The lowest BCUT2D eigenvalue weighted by Crippen LogP contribution is -2.53. The molecule has 9 heavy (non-hydrogen) atoms. The van der Waals surface area contributed by atoms with E-state index in [1.807, 2.05) is 0 Å². The summed E-state index contributed by atoms with van der Waals surface area (Å²) in [5, 5.41) is 0. The Kier molecular flexibility index (Phi) is 0.740. The van der Waals surface area contributed by atoms with Gasteiger partial charge >= 0.3 is 0 Å². The van der Waals surface area contributed by atoms with Crippen LogP contribution >= 0.6 is 0 Å². The fraction of sp³-hybridized carbons (Fsp3) is 1.00. The van der Waals surface area contributed by atoms with Crippen molar-refractivity contribution in [1.82, 2.24) is 0 Å². The second kappa shape index (κ2) is 1.38. The molecule has 0 N–H and O–H groups in total. The van der Waals surface area contributed by atoms with Crippen molar-refractivity contribution in [3.63, 3.8) is 0 Å². The Hall–Kier alpha value is 0.0649. The molecule has 0 saturated carbocycles. The minimum Gasteiger partial charge on any atom is -0.0625 e. The van der Waals surface area contributed by atoms with Gasteiger partial charge in [0.15, 0.2) is 0 Å². The van der Waals surface area contributed by atoms with Crippen molar-refractivity contribution in [2.75, 3.05) is 0 Å². The molecule has 1 heteroatoms. The van der Waals surface area contributed by atoms with E-state index in [1.165, 1.54) is 24.2 Å². The number of hydrogen-bond acceptors (Lipinski definition) is 0. The van der Waals surface area contributed by atoms with Crippen LogP contribution in [0.3, 0.4) is 0 Å². The Balaban J connectivity index is 1.84. The van der Waals surface area contributed by atoms with Crippen molar-refractivity contribution in [3.8, 4) is 0 Å². The van der Waals surface area contributed by atoms with E-state index in [-0.39, 0.29) is 0 Å². The Morgan fingerprint density at radius 2 is 1.56 bits per heavy atom. The summed E-state index contributed by atoms with van der Waals surface area (Å²) in [6.07, 6.45) is 7.94. The molecule has 48 valence electrons. The average molecular weight is 120 g/mol. The quantitative estimate of drug-likeness (QED) is 0.431. The summed E-state index contributed by atoms with van der Waals surface area (Å²) in [5.41, 5.74) is 0. The van der Waals surface area contributed by atoms with E-state index in [0.29, 0.717) is 0 Å². The summed E-state index contributed by atoms with van der Waals surface area (Å²) in [5.74, 6) is 3.64. The Labute approximate surface area is 57.1 Å². The summed E-state index contributed by atoms with van der Waals surface area (Å²) >= 11 is 0. The van der Waals surface area contributed by atoms with Crippen LogP contribution in [0, 0.1) is 0 Å². The van der Waals surface area contributed by atoms with Crippen LogP contribution in [0.25, 0.3) is 0 Å². The summed E-state index contributed by atoms with van der Waals surface area (Å²) in [6.45, 7) is 1.25. The molecule has 0 aliphatic carbocycles. The van der Waals surface area contributed by atoms with Gasteiger partial charge < -0.3 is 0 Å². The van der Waals surface area contributed by atoms with Gasteiger partial charge in [0.1, 0.15) is 6.71 Å². The van der Waals surface area contributed by atoms with E-state index < -0.39 is 0 Å². The van der Waals surface area contributed by atoms with Crippen LogP contribution in [0.4, 0.5) is 0 Å². The highest BCUT2D eigenvalue weighted by molar-refractivity contribution is 6.70. The SMILES string of the molecule is C1CC2CC3CC(C1)B23. The predicted molar refractivity (Wildman–Crippen MR) is 40.1 cm³/mol. The molecular weight excluding hydrogens is 107 g/mol. The maximum absolute atomic E-state index is 1.61. The number of hydrogen-bond donors (Lipinski definition) is 0. The van der Waals surface area contributed by atoms with Crippen molar-refractivity contribution in [1.29, 1.82) is 0 Å². The minimum absolute atomic E-state index is 1.21. The van der Waals surface area contributed by atoms with Crippen LogP contribution in [-0.2, 0) is 0 Å². The Bertz CT molecular complexity index is 126. The maximum atomic E-state index is 1.61. The van der Waals surface area contributed by atoms with Gasteiger partial charge in [0.25, 0.3) is 0 Å². The summed E-state index contributed by atoms with van der Waals surface area (Å²) in [4.78, 5) is 0. The highest BCUT2D eigenvalue weighted by Gasteiger charge is 2.57. The van der Waals surface area contributed by atoms with E-state index >= 15 is 0 Å². The third-order valence-corrected chi connectivity index (χ3v) is 3.99. The highest BCUT2D eigenvalue weighted by Crippen LogP contribution is 2.66. The topological polar surface area (TPSA) is 0 Å². The lowest BCUT2D eigenvalue weighted by atomic mass is 9.08. The van der Waals surface area contributed by atoms with Gasteiger partial charge in [-0.25, -0.2) is 0 Å². The van der Waals surface area contributed by atoms with Crippen LogP contribution < -0.4 is 0 Å². The zero-order valence-electron chi connectivity index (χ0n) is 5.84. The molecule has 0 nitrogen and oxygen atoms in total. The van der Waals surface area contributed by atoms with Crippen molar-refractivity contribution in [2.24, 2.45) is 0 Å². The first-order valence-electron chi connectivity index (χ1n) is 4.45. The lowest BCUT2D eigenvalue weighted by molar-refractivity contribution is 0.353. The third kappa shape index (κ3) is 0.437. The van der Waals surface area contributed by atoms with Gasteiger partial charge in [-0.1, -0.05) is 49.6 Å². The smallest absolute Gasteiger partial charge is 0.0625 e. The summed E-state index contributed by atoms with van der Waals surface area (Å²) < 4.78 is 0. The molecule has 3 aliphatic rings. The molecule has 2 unspecified atom stereocenters. The zero-order valence-corrected chi connectivity index (χ0v) is 5.84. The highest BCUT2D eigenvalue weighted by atomic mass is 14.4.